The summed E-state index contributed by atoms with van der Waals surface area (Å²) in [4.78, 5) is 0. The molecule has 17 heavy (non-hydrogen) atoms. The first-order valence-corrected chi connectivity index (χ1v) is 5.51. The van der Waals surface area contributed by atoms with E-state index >= 15 is 0 Å². The summed E-state index contributed by atoms with van der Waals surface area (Å²) >= 11 is 5.38. The summed E-state index contributed by atoms with van der Waals surface area (Å²) in [6, 6.07) is 2.03. The molecule has 1 rings (SSSR count). The minimum Gasteiger partial charge on any atom is -0.390 e. The highest BCUT2D eigenvalue weighted by Gasteiger charge is 2.23. The molecule has 0 radical (unpaired) electrons. The van der Waals surface area contributed by atoms with Gasteiger partial charge < -0.3 is 15.5 Å². The molecule has 1 aromatic rings. The monoisotopic (exact) mass is 265 g/mol. The Morgan fingerprint density at radius 3 is 2.59 bits per heavy atom. The van der Waals surface area contributed by atoms with Gasteiger partial charge in [-0.05, 0) is 26.1 Å². The minimum atomic E-state index is -1.43. The number of hydrogen-bond donors (Lipinski definition) is 3. The topological polar surface area (TPSA) is 52.5 Å². The first kappa shape index (κ1) is 14.3. The Bertz CT molecular complexity index is 390. The smallest absolute Gasteiger partial charge is 0.150 e. The molecule has 6 heteroatoms. The number of hydrogen-bond acceptors (Lipinski definition) is 3. The number of benzene rings is 1. The first-order chi connectivity index (χ1) is 7.99. The number of aliphatic hydroxyl groups is 2. The molecule has 0 fully saturated rings. The van der Waals surface area contributed by atoms with Gasteiger partial charge in [0.25, 0.3) is 0 Å². The lowest BCUT2D eigenvalue weighted by molar-refractivity contribution is 0.0119. The van der Waals surface area contributed by atoms with Crippen molar-refractivity contribution < 1.29 is 19.0 Å². The molecule has 0 saturated carbocycles. The van der Waals surface area contributed by atoms with Crippen molar-refractivity contribution >= 4 is 11.6 Å². The normalized spacial score (nSPS) is 14.7. The lowest BCUT2D eigenvalue weighted by atomic mass is 10.0. The van der Waals surface area contributed by atoms with Gasteiger partial charge in [-0.15, -0.1) is 0 Å². The fourth-order valence-electron chi connectivity index (χ4n) is 1.43. The van der Waals surface area contributed by atoms with Gasteiger partial charge in [0, 0.05) is 5.56 Å². The summed E-state index contributed by atoms with van der Waals surface area (Å²) < 4.78 is 26.4. The highest BCUT2D eigenvalue weighted by Crippen LogP contribution is 2.28. The predicted molar refractivity (Wildman–Crippen MR) is 60.9 cm³/mol. The molecule has 2 atom stereocenters. The van der Waals surface area contributed by atoms with Crippen LogP contribution in [0.3, 0.4) is 0 Å². The summed E-state index contributed by atoms with van der Waals surface area (Å²) in [5.41, 5.74) is -0.208. The van der Waals surface area contributed by atoms with Crippen molar-refractivity contribution in [1.82, 2.24) is 5.32 Å². The second-order valence-corrected chi connectivity index (χ2v) is 4.05. The second-order valence-electron chi connectivity index (χ2n) is 3.67. The average molecular weight is 266 g/mol. The second kappa shape index (κ2) is 6.26. The van der Waals surface area contributed by atoms with E-state index in [4.69, 9.17) is 11.6 Å². The highest BCUT2D eigenvalue weighted by molar-refractivity contribution is 6.30. The zero-order valence-corrected chi connectivity index (χ0v) is 10.0. The Morgan fingerprint density at radius 1 is 1.35 bits per heavy atom. The molecule has 96 valence electrons. The van der Waals surface area contributed by atoms with Gasteiger partial charge in [0.2, 0.25) is 0 Å². The molecule has 0 aromatic heterocycles. The van der Waals surface area contributed by atoms with Crippen LogP contribution in [0.5, 0.6) is 0 Å². The Labute approximate surface area is 103 Å². The summed E-state index contributed by atoms with van der Waals surface area (Å²) in [7, 11) is 1.69. The van der Waals surface area contributed by atoms with E-state index in [0.717, 1.165) is 12.1 Å². The molecule has 1 aromatic carbocycles. The molecule has 0 aliphatic rings. The Balaban J connectivity index is 2.89. The van der Waals surface area contributed by atoms with Crippen molar-refractivity contribution in [3.63, 3.8) is 0 Å². The molecule has 0 saturated heterocycles. The summed E-state index contributed by atoms with van der Waals surface area (Å²) in [5, 5.41) is 21.4. The number of halogens is 3. The maximum absolute atomic E-state index is 13.5. The van der Waals surface area contributed by atoms with Crippen LogP contribution in [0.25, 0.3) is 0 Å². The van der Waals surface area contributed by atoms with Gasteiger partial charge in [0.15, 0.2) is 5.82 Å². The summed E-state index contributed by atoms with van der Waals surface area (Å²) in [6.45, 7) is 0.467. The number of rotatable bonds is 5. The SMILES string of the molecule is CNCCC(O)C(O)c1ccc(F)c(Cl)c1F. The van der Waals surface area contributed by atoms with E-state index in [2.05, 4.69) is 5.32 Å². The molecule has 0 amide bonds. The fourth-order valence-corrected chi connectivity index (χ4v) is 1.60. The Morgan fingerprint density at radius 2 is 2.00 bits per heavy atom. The minimum absolute atomic E-state index is 0.208. The van der Waals surface area contributed by atoms with Crippen molar-refractivity contribution in [3.05, 3.63) is 34.4 Å². The van der Waals surface area contributed by atoms with Crippen LogP contribution >= 0.6 is 11.6 Å². The van der Waals surface area contributed by atoms with Gasteiger partial charge in [-0.25, -0.2) is 8.78 Å². The van der Waals surface area contributed by atoms with Crippen LogP contribution < -0.4 is 5.32 Å². The summed E-state index contributed by atoms with van der Waals surface area (Å²) in [6.07, 6.45) is -2.33. The van der Waals surface area contributed by atoms with E-state index in [1.807, 2.05) is 0 Å². The molecule has 0 bridgehead atoms. The first-order valence-electron chi connectivity index (χ1n) is 5.13. The number of nitrogens with one attached hydrogen (secondary N) is 1. The van der Waals surface area contributed by atoms with Crippen LogP contribution in [0.15, 0.2) is 12.1 Å². The van der Waals surface area contributed by atoms with E-state index in [1.54, 1.807) is 7.05 Å². The molecular formula is C11H14ClF2NO2. The van der Waals surface area contributed by atoms with Crippen molar-refractivity contribution in [3.8, 4) is 0 Å². The van der Waals surface area contributed by atoms with E-state index < -0.39 is 28.9 Å². The van der Waals surface area contributed by atoms with Crippen LogP contribution in [0, 0.1) is 11.6 Å². The third-order valence-electron chi connectivity index (χ3n) is 2.44. The third kappa shape index (κ3) is 3.35. The van der Waals surface area contributed by atoms with Gasteiger partial charge in [-0.1, -0.05) is 17.7 Å². The molecular weight excluding hydrogens is 252 g/mol. The van der Waals surface area contributed by atoms with Crippen molar-refractivity contribution in [2.75, 3.05) is 13.6 Å². The zero-order chi connectivity index (χ0) is 13.0. The standard InChI is InChI=1S/C11H14ClF2NO2/c1-15-5-4-8(16)11(17)6-2-3-7(13)9(12)10(6)14/h2-3,8,11,15-17H,4-5H2,1H3. The maximum atomic E-state index is 13.5. The molecule has 2 unspecified atom stereocenters. The summed E-state index contributed by atoms with van der Waals surface area (Å²) in [5.74, 6) is -1.94. The van der Waals surface area contributed by atoms with Crippen LogP contribution in [0.1, 0.15) is 18.1 Å². The van der Waals surface area contributed by atoms with Gasteiger partial charge in [0.05, 0.1) is 6.10 Å². The van der Waals surface area contributed by atoms with Crippen molar-refractivity contribution in [2.45, 2.75) is 18.6 Å². The van der Waals surface area contributed by atoms with E-state index in [9.17, 15) is 19.0 Å². The molecule has 0 spiro atoms. The molecule has 0 aliphatic carbocycles. The molecule has 3 N–H and O–H groups in total. The van der Waals surface area contributed by atoms with Gasteiger partial charge in [0.1, 0.15) is 16.9 Å². The Hall–Kier alpha value is -0.750. The molecule has 3 nitrogen and oxygen atoms in total. The predicted octanol–water partition coefficient (Wildman–Crippen LogP) is 1.62. The largest absolute Gasteiger partial charge is 0.390 e. The van der Waals surface area contributed by atoms with E-state index in [1.165, 1.54) is 0 Å². The van der Waals surface area contributed by atoms with Crippen LogP contribution in [-0.2, 0) is 0 Å². The Kier molecular flexibility index (Phi) is 5.27. The van der Waals surface area contributed by atoms with Crippen LogP contribution in [0.2, 0.25) is 5.02 Å². The van der Waals surface area contributed by atoms with Crippen LogP contribution in [-0.4, -0.2) is 29.9 Å². The van der Waals surface area contributed by atoms with Gasteiger partial charge >= 0.3 is 0 Å². The highest BCUT2D eigenvalue weighted by atomic mass is 35.5. The quantitative estimate of drug-likeness (QED) is 0.709. The fraction of sp³-hybridized carbons (Fsp3) is 0.455. The van der Waals surface area contributed by atoms with Crippen molar-refractivity contribution in [1.29, 1.82) is 0 Å². The zero-order valence-electron chi connectivity index (χ0n) is 9.25. The van der Waals surface area contributed by atoms with Crippen LogP contribution in [0.4, 0.5) is 8.78 Å². The third-order valence-corrected chi connectivity index (χ3v) is 2.78. The number of aliphatic hydroxyl groups excluding tert-OH is 2. The lowest BCUT2D eigenvalue weighted by Gasteiger charge is -2.19. The molecule has 0 aliphatic heterocycles. The maximum Gasteiger partial charge on any atom is 0.150 e. The lowest BCUT2D eigenvalue weighted by Crippen LogP contribution is -2.24. The van der Waals surface area contributed by atoms with Crippen molar-refractivity contribution in [2.24, 2.45) is 0 Å². The van der Waals surface area contributed by atoms with E-state index in [0.29, 0.717) is 6.54 Å². The van der Waals surface area contributed by atoms with E-state index in [-0.39, 0.29) is 12.0 Å². The average Bonchev–Trinajstić information content (AvgIpc) is 2.32. The molecule has 0 heterocycles. The van der Waals surface area contributed by atoms with Gasteiger partial charge in [-0.3, -0.25) is 0 Å². The van der Waals surface area contributed by atoms with Gasteiger partial charge in [-0.2, -0.15) is 0 Å².